The van der Waals surface area contributed by atoms with Gasteiger partial charge in [0, 0.05) is 13.1 Å². The van der Waals surface area contributed by atoms with Gasteiger partial charge in [0.25, 0.3) is 0 Å². The number of sulfonamides is 1. The molecule has 20 heavy (non-hydrogen) atoms. The summed E-state index contributed by atoms with van der Waals surface area (Å²) < 4.78 is 26.0. The van der Waals surface area contributed by atoms with Gasteiger partial charge in [0.05, 0.1) is 12.2 Å². The maximum absolute atomic E-state index is 11.9. The van der Waals surface area contributed by atoms with Crippen LogP contribution in [-0.4, -0.2) is 45.9 Å². The summed E-state index contributed by atoms with van der Waals surface area (Å²) in [5.41, 5.74) is 0.439. The number of nitrogens with one attached hydrogen (secondary N) is 2. The Bertz CT molecular complexity index is 580. The van der Waals surface area contributed by atoms with E-state index in [1.807, 2.05) is 0 Å². The van der Waals surface area contributed by atoms with Crippen molar-refractivity contribution in [3.05, 3.63) is 24.3 Å². The van der Waals surface area contributed by atoms with Gasteiger partial charge in [0.2, 0.25) is 15.9 Å². The molecule has 1 amide bonds. The number of anilines is 1. The van der Waals surface area contributed by atoms with Crippen LogP contribution in [0.15, 0.2) is 29.2 Å². The van der Waals surface area contributed by atoms with Gasteiger partial charge >= 0.3 is 0 Å². The van der Waals surface area contributed by atoms with Crippen molar-refractivity contribution in [1.29, 1.82) is 0 Å². The van der Waals surface area contributed by atoms with Gasteiger partial charge in [0.1, 0.15) is 4.90 Å². The lowest BCUT2D eigenvalue weighted by Gasteiger charge is -2.17. The minimum atomic E-state index is -3.53. The van der Waals surface area contributed by atoms with Crippen molar-refractivity contribution >= 4 is 21.6 Å². The molecule has 0 bridgehead atoms. The standard InChI is InChI=1S/C13H19N3O3S/c1-14-20(18,19)12-7-3-2-6-11(12)15-10-13(17)16-8-4-5-9-16/h2-3,6-7,14-15H,4-5,8-10H2,1H3. The van der Waals surface area contributed by atoms with E-state index in [0.717, 1.165) is 25.9 Å². The van der Waals surface area contributed by atoms with Crippen molar-refractivity contribution in [1.82, 2.24) is 9.62 Å². The monoisotopic (exact) mass is 297 g/mol. The van der Waals surface area contributed by atoms with E-state index in [1.165, 1.54) is 13.1 Å². The van der Waals surface area contributed by atoms with Crippen LogP contribution in [0, 0.1) is 0 Å². The lowest BCUT2D eigenvalue weighted by atomic mass is 10.3. The van der Waals surface area contributed by atoms with E-state index >= 15 is 0 Å². The third-order valence-electron chi connectivity index (χ3n) is 3.33. The van der Waals surface area contributed by atoms with Gasteiger partial charge in [-0.15, -0.1) is 0 Å². The number of para-hydroxylation sites is 1. The van der Waals surface area contributed by atoms with Crippen molar-refractivity contribution in [3.8, 4) is 0 Å². The molecule has 6 nitrogen and oxygen atoms in total. The predicted molar refractivity (Wildman–Crippen MR) is 77.0 cm³/mol. The highest BCUT2D eigenvalue weighted by Gasteiger charge is 2.19. The van der Waals surface area contributed by atoms with Gasteiger partial charge in [-0.25, -0.2) is 13.1 Å². The van der Waals surface area contributed by atoms with Crippen LogP contribution in [0.3, 0.4) is 0 Å². The first kappa shape index (κ1) is 14.8. The van der Waals surface area contributed by atoms with Crippen molar-refractivity contribution in [2.75, 3.05) is 32.0 Å². The summed E-state index contributed by atoms with van der Waals surface area (Å²) in [6.07, 6.45) is 2.08. The Labute approximate surface area is 119 Å². The number of amides is 1. The van der Waals surface area contributed by atoms with Crippen molar-refractivity contribution in [3.63, 3.8) is 0 Å². The van der Waals surface area contributed by atoms with Crippen LogP contribution in [0.2, 0.25) is 0 Å². The summed E-state index contributed by atoms with van der Waals surface area (Å²) in [4.78, 5) is 13.9. The minimum Gasteiger partial charge on any atom is -0.375 e. The van der Waals surface area contributed by atoms with E-state index in [0.29, 0.717) is 5.69 Å². The average molecular weight is 297 g/mol. The first-order valence-corrected chi connectivity index (χ1v) is 8.07. The minimum absolute atomic E-state index is 0.000779. The van der Waals surface area contributed by atoms with Crippen LogP contribution in [0.25, 0.3) is 0 Å². The van der Waals surface area contributed by atoms with Crippen LogP contribution in [0.1, 0.15) is 12.8 Å². The fourth-order valence-corrected chi connectivity index (χ4v) is 3.11. The SMILES string of the molecule is CNS(=O)(=O)c1ccccc1NCC(=O)N1CCCC1. The molecule has 2 N–H and O–H groups in total. The number of carbonyl (C=O) groups is 1. The molecular weight excluding hydrogens is 278 g/mol. The maximum atomic E-state index is 11.9. The Morgan fingerprint density at radius 1 is 1.25 bits per heavy atom. The highest BCUT2D eigenvalue weighted by molar-refractivity contribution is 7.89. The topological polar surface area (TPSA) is 78.5 Å². The van der Waals surface area contributed by atoms with Gasteiger partial charge in [-0.2, -0.15) is 0 Å². The number of carbonyl (C=O) groups excluding carboxylic acids is 1. The fraction of sp³-hybridized carbons (Fsp3) is 0.462. The summed E-state index contributed by atoms with van der Waals surface area (Å²) >= 11 is 0. The highest BCUT2D eigenvalue weighted by atomic mass is 32.2. The van der Waals surface area contributed by atoms with Crippen molar-refractivity contribution in [2.45, 2.75) is 17.7 Å². The summed E-state index contributed by atoms with van der Waals surface area (Å²) in [6, 6.07) is 6.55. The number of rotatable bonds is 5. The molecule has 7 heteroatoms. The van der Waals surface area contributed by atoms with Crippen LogP contribution in [0.5, 0.6) is 0 Å². The molecule has 0 aliphatic carbocycles. The van der Waals surface area contributed by atoms with E-state index in [9.17, 15) is 13.2 Å². The molecule has 1 saturated heterocycles. The van der Waals surface area contributed by atoms with Gasteiger partial charge < -0.3 is 10.2 Å². The van der Waals surface area contributed by atoms with E-state index in [4.69, 9.17) is 0 Å². The Morgan fingerprint density at radius 2 is 1.90 bits per heavy atom. The van der Waals surface area contributed by atoms with Gasteiger partial charge in [-0.05, 0) is 32.0 Å². The normalized spacial score (nSPS) is 15.3. The number of nitrogens with zero attached hydrogens (tertiary/aromatic N) is 1. The predicted octanol–water partition coefficient (Wildman–Crippen LogP) is 0.629. The number of likely N-dealkylation sites (tertiary alicyclic amines) is 1. The highest BCUT2D eigenvalue weighted by Crippen LogP contribution is 2.20. The fourth-order valence-electron chi connectivity index (χ4n) is 2.21. The molecule has 1 fully saturated rings. The van der Waals surface area contributed by atoms with Gasteiger partial charge in [0.15, 0.2) is 0 Å². The van der Waals surface area contributed by atoms with E-state index < -0.39 is 10.0 Å². The quantitative estimate of drug-likeness (QED) is 0.835. The average Bonchev–Trinajstić information content (AvgIpc) is 2.99. The maximum Gasteiger partial charge on any atom is 0.242 e. The molecule has 1 aliphatic rings. The summed E-state index contributed by atoms with van der Waals surface area (Å²) in [5.74, 6) is -0.000779. The first-order valence-electron chi connectivity index (χ1n) is 6.59. The smallest absolute Gasteiger partial charge is 0.242 e. The van der Waals surface area contributed by atoms with Crippen LogP contribution in [-0.2, 0) is 14.8 Å². The number of hydrogen-bond acceptors (Lipinski definition) is 4. The van der Waals surface area contributed by atoms with E-state index in [-0.39, 0.29) is 17.3 Å². The molecule has 2 rings (SSSR count). The molecule has 1 aliphatic heterocycles. The second-order valence-corrected chi connectivity index (χ2v) is 6.50. The van der Waals surface area contributed by atoms with E-state index in [1.54, 1.807) is 23.1 Å². The van der Waals surface area contributed by atoms with Crippen molar-refractivity contribution in [2.24, 2.45) is 0 Å². The number of benzene rings is 1. The third-order valence-corrected chi connectivity index (χ3v) is 4.81. The summed E-state index contributed by atoms with van der Waals surface area (Å²) in [6.45, 7) is 1.68. The molecule has 1 aromatic rings. The Balaban J connectivity index is 2.08. The van der Waals surface area contributed by atoms with E-state index in [2.05, 4.69) is 10.0 Å². The largest absolute Gasteiger partial charge is 0.375 e. The zero-order valence-electron chi connectivity index (χ0n) is 11.4. The molecular formula is C13H19N3O3S. The van der Waals surface area contributed by atoms with Gasteiger partial charge in [-0.3, -0.25) is 4.79 Å². The van der Waals surface area contributed by atoms with Crippen molar-refractivity contribution < 1.29 is 13.2 Å². The Morgan fingerprint density at radius 3 is 2.55 bits per heavy atom. The molecule has 0 aromatic heterocycles. The lowest BCUT2D eigenvalue weighted by molar-refractivity contribution is -0.128. The molecule has 1 heterocycles. The van der Waals surface area contributed by atoms with Crippen LogP contribution >= 0.6 is 0 Å². The molecule has 0 saturated carbocycles. The Kier molecular flexibility index (Phi) is 4.61. The molecule has 0 unspecified atom stereocenters. The molecule has 0 radical (unpaired) electrons. The first-order chi connectivity index (χ1) is 9.54. The zero-order chi connectivity index (χ0) is 14.6. The molecule has 0 spiro atoms. The summed E-state index contributed by atoms with van der Waals surface area (Å²) in [5, 5.41) is 2.92. The lowest BCUT2D eigenvalue weighted by Crippen LogP contribution is -2.33. The van der Waals surface area contributed by atoms with Crippen LogP contribution in [0.4, 0.5) is 5.69 Å². The zero-order valence-corrected chi connectivity index (χ0v) is 12.2. The number of hydrogen-bond donors (Lipinski definition) is 2. The molecule has 1 aromatic carbocycles. The molecule has 110 valence electrons. The second kappa shape index (κ2) is 6.23. The third kappa shape index (κ3) is 3.29. The molecule has 0 atom stereocenters. The Hall–Kier alpha value is -1.60. The van der Waals surface area contributed by atoms with Crippen LogP contribution < -0.4 is 10.0 Å². The van der Waals surface area contributed by atoms with Gasteiger partial charge in [-0.1, -0.05) is 12.1 Å². The summed E-state index contributed by atoms with van der Waals surface area (Å²) in [7, 11) is -2.17. The second-order valence-electron chi connectivity index (χ2n) is 4.65.